The van der Waals surface area contributed by atoms with Crippen LogP contribution in [-0.4, -0.2) is 23.2 Å². The van der Waals surface area contributed by atoms with Crippen LogP contribution < -0.4 is 5.32 Å². The summed E-state index contributed by atoms with van der Waals surface area (Å²) in [5.74, 6) is -0.643. The Labute approximate surface area is 118 Å². The van der Waals surface area contributed by atoms with E-state index in [-0.39, 0.29) is 18.3 Å². The van der Waals surface area contributed by atoms with Crippen molar-refractivity contribution in [3.05, 3.63) is 41.7 Å². The van der Waals surface area contributed by atoms with Crippen LogP contribution in [0.4, 0.5) is 4.39 Å². The van der Waals surface area contributed by atoms with E-state index in [1.54, 1.807) is 18.2 Å². The molecule has 1 aliphatic rings. The second-order valence-corrected chi connectivity index (χ2v) is 5.34. The lowest BCUT2D eigenvalue weighted by atomic mass is 9.82. The molecule has 0 unspecified atom stereocenters. The van der Waals surface area contributed by atoms with Crippen molar-refractivity contribution in [2.75, 3.05) is 6.61 Å². The van der Waals surface area contributed by atoms with E-state index >= 15 is 0 Å². The van der Waals surface area contributed by atoms with E-state index in [2.05, 4.69) is 5.32 Å². The van der Waals surface area contributed by atoms with Gasteiger partial charge in [0.15, 0.2) is 0 Å². The molecule has 0 heterocycles. The molecule has 1 saturated carbocycles. The molecule has 0 atom stereocenters. The van der Waals surface area contributed by atoms with Gasteiger partial charge in [0.05, 0.1) is 12.1 Å². The zero-order chi connectivity index (χ0) is 14.4. The monoisotopic (exact) mass is 277 g/mol. The van der Waals surface area contributed by atoms with E-state index in [1.807, 2.05) is 0 Å². The van der Waals surface area contributed by atoms with Crippen molar-refractivity contribution in [3.8, 4) is 0 Å². The summed E-state index contributed by atoms with van der Waals surface area (Å²) in [4.78, 5) is 11.9. The van der Waals surface area contributed by atoms with E-state index < -0.39 is 5.54 Å². The molecule has 0 spiro atoms. The van der Waals surface area contributed by atoms with Crippen LogP contribution >= 0.6 is 0 Å². The average molecular weight is 277 g/mol. The maximum Gasteiger partial charge on any atom is 0.244 e. The molecule has 0 saturated heterocycles. The molecule has 1 amide bonds. The SMILES string of the molecule is O=C(C=Cc1ccccc1F)NC1(CO)CCCCC1. The zero-order valence-corrected chi connectivity index (χ0v) is 11.4. The van der Waals surface area contributed by atoms with Crippen LogP contribution in [0.3, 0.4) is 0 Å². The summed E-state index contributed by atoms with van der Waals surface area (Å²) in [5, 5.41) is 12.4. The van der Waals surface area contributed by atoms with Gasteiger partial charge in [-0.15, -0.1) is 0 Å². The predicted molar refractivity (Wildman–Crippen MR) is 76.5 cm³/mol. The first-order chi connectivity index (χ1) is 9.65. The fourth-order valence-corrected chi connectivity index (χ4v) is 2.63. The molecule has 0 bridgehead atoms. The molecule has 2 rings (SSSR count). The number of hydrogen-bond donors (Lipinski definition) is 2. The molecule has 1 fully saturated rings. The van der Waals surface area contributed by atoms with E-state index in [1.165, 1.54) is 18.2 Å². The third-order valence-electron chi connectivity index (χ3n) is 3.82. The summed E-state index contributed by atoms with van der Waals surface area (Å²) in [5.41, 5.74) is -0.126. The lowest BCUT2D eigenvalue weighted by molar-refractivity contribution is -0.119. The van der Waals surface area contributed by atoms with E-state index in [0.29, 0.717) is 5.56 Å². The summed E-state index contributed by atoms with van der Waals surface area (Å²) in [6, 6.07) is 6.29. The number of carbonyl (C=O) groups excluding carboxylic acids is 1. The number of aliphatic hydroxyl groups is 1. The molecular formula is C16H20FNO2. The number of aliphatic hydroxyl groups excluding tert-OH is 1. The van der Waals surface area contributed by atoms with E-state index in [4.69, 9.17) is 0 Å². The van der Waals surface area contributed by atoms with Crippen LogP contribution in [-0.2, 0) is 4.79 Å². The predicted octanol–water partition coefficient (Wildman–Crippen LogP) is 2.65. The molecule has 1 aromatic rings. The quantitative estimate of drug-likeness (QED) is 0.831. The number of carbonyl (C=O) groups is 1. The molecule has 1 aromatic carbocycles. The Kier molecular flexibility index (Phi) is 4.90. The first-order valence-electron chi connectivity index (χ1n) is 7.01. The summed E-state index contributed by atoms with van der Waals surface area (Å²) < 4.78 is 13.4. The van der Waals surface area contributed by atoms with Crippen molar-refractivity contribution in [2.45, 2.75) is 37.6 Å². The molecule has 4 heteroatoms. The van der Waals surface area contributed by atoms with Gasteiger partial charge in [0.2, 0.25) is 5.91 Å². The van der Waals surface area contributed by atoms with Crippen molar-refractivity contribution in [1.82, 2.24) is 5.32 Å². The lowest BCUT2D eigenvalue weighted by Crippen LogP contribution is -2.52. The minimum absolute atomic E-state index is 0.0493. The molecule has 0 aromatic heterocycles. The van der Waals surface area contributed by atoms with Gasteiger partial charge in [-0.3, -0.25) is 4.79 Å². The largest absolute Gasteiger partial charge is 0.394 e. The normalized spacial score (nSPS) is 18.1. The van der Waals surface area contributed by atoms with Crippen LogP contribution in [0.1, 0.15) is 37.7 Å². The summed E-state index contributed by atoms with van der Waals surface area (Å²) in [6.07, 6.45) is 7.53. The van der Waals surface area contributed by atoms with Crippen molar-refractivity contribution in [2.24, 2.45) is 0 Å². The molecular weight excluding hydrogens is 257 g/mol. The first kappa shape index (κ1) is 14.7. The molecule has 108 valence electrons. The second kappa shape index (κ2) is 6.66. The standard InChI is InChI=1S/C16H20FNO2/c17-14-7-3-2-6-13(14)8-9-15(20)18-16(12-19)10-4-1-5-11-16/h2-3,6-9,19H,1,4-5,10-12H2,(H,18,20). The van der Waals surface area contributed by atoms with Gasteiger partial charge < -0.3 is 10.4 Å². The van der Waals surface area contributed by atoms with Crippen molar-refractivity contribution in [3.63, 3.8) is 0 Å². The topological polar surface area (TPSA) is 49.3 Å². The number of rotatable bonds is 4. The van der Waals surface area contributed by atoms with Crippen LogP contribution in [0.2, 0.25) is 0 Å². The highest BCUT2D eigenvalue weighted by molar-refractivity contribution is 5.92. The number of nitrogens with one attached hydrogen (secondary N) is 1. The van der Waals surface area contributed by atoms with Crippen LogP contribution in [0.15, 0.2) is 30.3 Å². The molecule has 0 radical (unpaired) electrons. The maximum absolute atomic E-state index is 13.4. The Morgan fingerprint density at radius 2 is 2.00 bits per heavy atom. The van der Waals surface area contributed by atoms with Gasteiger partial charge in [0.25, 0.3) is 0 Å². The minimum Gasteiger partial charge on any atom is -0.394 e. The van der Waals surface area contributed by atoms with E-state index in [9.17, 15) is 14.3 Å². The molecule has 20 heavy (non-hydrogen) atoms. The van der Waals surface area contributed by atoms with Gasteiger partial charge in [-0.05, 0) is 25.0 Å². The highest BCUT2D eigenvalue weighted by Gasteiger charge is 2.32. The average Bonchev–Trinajstić information content (AvgIpc) is 2.47. The molecule has 0 aliphatic heterocycles. The van der Waals surface area contributed by atoms with Crippen molar-refractivity contribution in [1.29, 1.82) is 0 Å². The Morgan fingerprint density at radius 1 is 1.30 bits per heavy atom. The zero-order valence-electron chi connectivity index (χ0n) is 11.4. The van der Waals surface area contributed by atoms with Gasteiger partial charge in [0.1, 0.15) is 5.82 Å². The Morgan fingerprint density at radius 3 is 2.65 bits per heavy atom. The number of benzene rings is 1. The Balaban J connectivity index is 1.99. The minimum atomic E-state index is -0.505. The number of hydrogen-bond acceptors (Lipinski definition) is 2. The summed E-state index contributed by atoms with van der Waals surface area (Å²) in [6.45, 7) is -0.0493. The molecule has 3 nitrogen and oxygen atoms in total. The third kappa shape index (κ3) is 3.67. The second-order valence-electron chi connectivity index (χ2n) is 5.34. The van der Waals surface area contributed by atoms with Crippen molar-refractivity contribution < 1.29 is 14.3 Å². The summed E-state index contributed by atoms with van der Waals surface area (Å²) in [7, 11) is 0. The third-order valence-corrected chi connectivity index (χ3v) is 3.82. The van der Waals surface area contributed by atoms with Crippen LogP contribution in [0.25, 0.3) is 6.08 Å². The molecule has 1 aliphatic carbocycles. The van der Waals surface area contributed by atoms with Crippen LogP contribution in [0.5, 0.6) is 0 Å². The fourth-order valence-electron chi connectivity index (χ4n) is 2.63. The smallest absolute Gasteiger partial charge is 0.244 e. The Bertz CT molecular complexity index is 493. The highest BCUT2D eigenvalue weighted by atomic mass is 19.1. The molecule has 2 N–H and O–H groups in total. The van der Waals surface area contributed by atoms with Crippen LogP contribution in [0, 0.1) is 5.82 Å². The van der Waals surface area contributed by atoms with Gasteiger partial charge in [-0.2, -0.15) is 0 Å². The van der Waals surface area contributed by atoms with Crippen molar-refractivity contribution >= 4 is 12.0 Å². The highest BCUT2D eigenvalue weighted by Crippen LogP contribution is 2.27. The first-order valence-corrected chi connectivity index (χ1v) is 7.01. The van der Waals surface area contributed by atoms with Gasteiger partial charge in [0, 0.05) is 11.6 Å². The fraction of sp³-hybridized carbons (Fsp3) is 0.438. The summed E-state index contributed by atoms with van der Waals surface area (Å²) >= 11 is 0. The lowest BCUT2D eigenvalue weighted by Gasteiger charge is -2.36. The van der Waals surface area contributed by atoms with Gasteiger partial charge >= 0.3 is 0 Å². The number of halogens is 1. The number of amides is 1. The van der Waals surface area contributed by atoms with E-state index in [0.717, 1.165) is 32.1 Å². The maximum atomic E-state index is 13.4. The van der Waals surface area contributed by atoms with Gasteiger partial charge in [-0.25, -0.2) is 4.39 Å². The Hall–Kier alpha value is -1.68. The van der Waals surface area contributed by atoms with Gasteiger partial charge in [-0.1, -0.05) is 37.5 Å².